The highest BCUT2D eigenvalue weighted by Crippen LogP contribution is 2.39. The molecule has 0 saturated carbocycles. The smallest absolute Gasteiger partial charge is 0.452 e. The van der Waals surface area contributed by atoms with Crippen molar-refractivity contribution in [3.05, 3.63) is 11.6 Å². The van der Waals surface area contributed by atoms with Crippen LogP contribution >= 0.6 is 0 Å². The lowest BCUT2D eigenvalue weighted by molar-refractivity contribution is -0.178. The molecule has 1 aliphatic rings. The van der Waals surface area contributed by atoms with Crippen molar-refractivity contribution < 1.29 is 40.2 Å². The molecule has 1 aliphatic heterocycles. The first-order valence-corrected chi connectivity index (χ1v) is 4.70. The summed E-state index contributed by atoms with van der Waals surface area (Å²) in [7, 11) is 0. The minimum Gasteiger partial charge on any atom is -0.486 e. The van der Waals surface area contributed by atoms with Gasteiger partial charge in [-0.3, -0.25) is 0 Å². The van der Waals surface area contributed by atoms with Gasteiger partial charge in [-0.25, -0.2) is 0 Å². The second-order valence-corrected chi connectivity index (χ2v) is 4.23. The SMILES string of the molecule is CC1(COC(=C(F)C(F)(F)F)C(F)(F)F)COC1. The molecule has 0 radical (unpaired) electrons. The first-order chi connectivity index (χ1) is 7.96. The van der Waals surface area contributed by atoms with Crippen molar-refractivity contribution in [3.63, 3.8) is 0 Å². The van der Waals surface area contributed by atoms with Gasteiger partial charge in [-0.1, -0.05) is 6.92 Å². The van der Waals surface area contributed by atoms with Crippen LogP contribution in [0.25, 0.3) is 0 Å². The molecule has 0 spiro atoms. The largest absolute Gasteiger partial charge is 0.486 e. The van der Waals surface area contributed by atoms with Crippen LogP contribution in [0, 0.1) is 5.41 Å². The summed E-state index contributed by atoms with van der Waals surface area (Å²) in [5.41, 5.74) is -0.831. The van der Waals surface area contributed by atoms with Crippen LogP contribution in [0.4, 0.5) is 30.7 Å². The molecule has 0 aromatic carbocycles. The molecule has 0 aromatic rings. The molecule has 0 aliphatic carbocycles. The zero-order chi connectivity index (χ0) is 14.2. The van der Waals surface area contributed by atoms with Gasteiger partial charge in [-0.2, -0.15) is 30.7 Å². The monoisotopic (exact) mass is 282 g/mol. The van der Waals surface area contributed by atoms with E-state index in [-0.39, 0.29) is 13.2 Å². The number of ether oxygens (including phenoxy) is 2. The van der Waals surface area contributed by atoms with E-state index in [4.69, 9.17) is 4.74 Å². The lowest BCUT2D eigenvalue weighted by Gasteiger charge is -2.37. The van der Waals surface area contributed by atoms with Crippen LogP contribution in [0.5, 0.6) is 0 Å². The van der Waals surface area contributed by atoms with Crippen LogP contribution in [-0.2, 0) is 9.47 Å². The molecular weight excluding hydrogens is 273 g/mol. The molecule has 1 rings (SSSR count). The summed E-state index contributed by atoms with van der Waals surface area (Å²) in [6.45, 7) is 0.846. The van der Waals surface area contributed by atoms with Crippen molar-refractivity contribution in [2.24, 2.45) is 5.41 Å². The first kappa shape index (κ1) is 15.1. The minimum atomic E-state index is -5.73. The Morgan fingerprint density at radius 2 is 1.61 bits per heavy atom. The van der Waals surface area contributed by atoms with E-state index in [2.05, 4.69) is 4.74 Å². The van der Waals surface area contributed by atoms with Crippen molar-refractivity contribution in [3.8, 4) is 0 Å². The third-order valence-electron chi connectivity index (χ3n) is 2.17. The van der Waals surface area contributed by atoms with Crippen LogP contribution in [0.1, 0.15) is 6.92 Å². The van der Waals surface area contributed by atoms with E-state index in [9.17, 15) is 30.7 Å². The number of hydrogen-bond donors (Lipinski definition) is 0. The summed E-state index contributed by atoms with van der Waals surface area (Å²) in [4.78, 5) is 0. The Labute approximate surface area is 97.3 Å². The van der Waals surface area contributed by atoms with E-state index < -0.39 is 36.0 Å². The fourth-order valence-electron chi connectivity index (χ4n) is 1.18. The van der Waals surface area contributed by atoms with Crippen molar-refractivity contribution in [1.29, 1.82) is 0 Å². The normalized spacial score (nSPS) is 21.1. The predicted molar refractivity (Wildman–Crippen MR) is 45.1 cm³/mol. The van der Waals surface area contributed by atoms with Crippen LogP contribution < -0.4 is 0 Å². The Morgan fingerprint density at radius 1 is 1.11 bits per heavy atom. The number of hydrogen-bond acceptors (Lipinski definition) is 2. The topological polar surface area (TPSA) is 18.5 Å². The Kier molecular flexibility index (Phi) is 3.85. The van der Waals surface area contributed by atoms with Gasteiger partial charge in [0, 0.05) is 5.41 Å². The first-order valence-electron chi connectivity index (χ1n) is 4.70. The number of rotatable bonds is 3. The molecule has 0 atom stereocenters. The lowest BCUT2D eigenvalue weighted by Crippen LogP contribution is -2.44. The molecule has 0 unspecified atom stereocenters. The molecular formula is C9H9F7O2. The molecule has 18 heavy (non-hydrogen) atoms. The molecule has 0 N–H and O–H groups in total. The maximum Gasteiger partial charge on any atom is 0.452 e. The van der Waals surface area contributed by atoms with E-state index in [0.717, 1.165) is 0 Å². The van der Waals surface area contributed by atoms with Crippen molar-refractivity contribution >= 4 is 0 Å². The fourth-order valence-corrected chi connectivity index (χ4v) is 1.18. The van der Waals surface area contributed by atoms with Gasteiger partial charge in [0.05, 0.1) is 19.8 Å². The van der Waals surface area contributed by atoms with Gasteiger partial charge in [-0.15, -0.1) is 0 Å². The van der Waals surface area contributed by atoms with Crippen molar-refractivity contribution in [2.45, 2.75) is 19.3 Å². The van der Waals surface area contributed by atoms with Gasteiger partial charge in [0.1, 0.15) is 0 Å². The highest BCUT2D eigenvalue weighted by Gasteiger charge is 2.49. The van der Waals surface area contributed by atoms with Gasteiger partial charge in [0.25, 0.3) is 5.83 Å². The average molecular weight is 282 g/mol. The quantitative estimate of drug-likeness (QED) is 0.584. The number of alkyl halides is 6. The zero-order valence-corrected chi connectivity index (χ0v) is 9.08. The molecule has 1 fully saturated rings. The van der Waals surface area contributed by atoms with Crippen molar-refractivity contribution in [2.75, 3.05) is 19.8 Å². The zero-order valence-electron chi connectivity index (χ0n) is 9.08. The van der Waals surface area contributed by atoms with Crippen LogP contribution in [-0.4, -0.2) is 32.2 Å². The summed E-state index contributed by atoms with van der Waals surface area (Å²) in [6, 6.07) is 0. The summed E-state index contributed by atoms with van der Waals surface area (Å²) >= 11 is 0. The Morgan fingerprint density at radius 3 is 1.89 bits per heavy atom. The third-order valence-corrected chi connectivity index (χ3v) is 2.17. The molecule has 106 valence electrons. The van der Waals surface area contributed by atoms with Crippen LogP contribution in [0.15, 0.2) is 11.6 Å². The molecule has 0 bridgehead atoms. The van der Waals surface area contributed by atoms with Gasteiger partial charge in [-0.05, 0) is 0 Å². The van der Waals surface area contributed by atoms with Gasteiger partial charge in [0.2, 0.25) is 5.76 Å². The summed E-state index contributed by atoms with van der Waals surface area (Å²) < 4.78 is 93.8. The molecule has 0 amide bonds. The van der Waals surface area contributed by atoms with E-state index in [0.29, 0.717) is 0 Å². The molecule has 2 nitrogen and oxygen atoms in total. The Bertz CT molecular complexity index is 338. The Balaban J connectivity index is 2.87. The molecule has 1 saturated heterocycles. The second-order valence-electron chi connectivity index (χ2n) is 4.23. The molecule has 1 heterocycles. The minimum absolute atomic E-state index is 0.0474. The molecule has 9 heteroatoms. The van der Waals surface area contributed by atoms with E-state index in [1.165, 1.54) is 6.92 Å². The van der Waals surface area contributed by atoms with Gasteiger partial charge >= 0.3 is 12.4 Å². The lowest BCUT2D eigenvalue weighted by atomic mass is 9.90. The standard InChI is InChI=1S/C9H9F7O2/c1-7(2-17-3-7)4-18-6(9(14,15)16)5(10)8(11,12)13/h2-4H2,1H3. The van der Waals surface area contributed by atoms with Crippen molar-refractivity contribution in [1.82, 2.24) is 0 Å². The summed E-state index contributed by atoms with van der Waals surface area (Å²) in [6.07, 6.45) is -11.3. The maximum atomic E-state index is 12.6. The number of allylic oxidation sites excluding steroid dienone is 2. The van der Waals surface area contributed by atoms with E-state index in [1.807, 2.05) is 0 Å². The van der Waals surface area contributed by atoms with Crippen LogP contribution in [0.3, 0.4) is 0 Å². The van der Waals surface area contributed by atoms with Gasteiger partial charge < -0.3 is 9.47 Å². The Hall–Kier alpha value is -0.990. The summed E-state index contributed by atoms with van der Waals surface area (Å²) in [5.74, 6) is -5.93. The average Bonchev–Trinajstić information content (AvgIpc) is 2.11. The van der Waals surface area contributed by atoms with Crippen LogP contribution in [0.2, 0.25) is 0 Å². The number of halogens is 7. The second kappa shape index (κ2) is 4.60. The van der Waals surface area contributed by atoms with E-state index in [1.54, 1.807) is 0 Å². The highest BCUT2D eigenvalue weighted by molar-refractivity contribution is 5.11. The van der Waals surface area contributed by atoms with Gasteiger partial charge in [0.15, 0.2) is 0 Å². The molecule has 0 aromatic heterocycles. The third kappa shape index (κ3) is 3.50. The van der Waals surface area contributed by atoms with E-state index >= 15 is 0 Å². The maximum absolute atomic E-state index is 12.6. The fraction of sp³-hybridized carbons (Fsp3) is 0.778. The highest BCUT2D eigenvalue weighted by atomic mass is 19.4. The summed E-state index contributed by atoms with van der Waals surface area (Å²) in [5, 5.41) is 0. The predicted octanol–water partition coefficient (Wildman–Crippen LogP) is 3.35.